The molecule has 0 radical (unpaired) electrons. The van der Waals surface area contributed by atoms with E-state index in [0.29, 0.717) is 4.68 Å². The second kappa shape index (κ2) is 8.59. The third kappa shape index (κ3) is 4.20. The zero-order chi connectivity index (χ0) is 24.6. The molecule has 0 spiro atoms. The second-order valence-electron chi connectivity index (χ2n) is 6.70. The van der Waals surface area contributed by atoms with E-state index in [1.807, 2.05) is 0 Å². The number of pyridine rings is 1. The molecule has 14 heteroatoms. The van der Waals surface area contributed by atoms with E-state index in [9.17, 15) is 22.4 Å². The number of aromatic nitrogens is 5. The maximum Gasteiger partial charge on any atom is 0.434 e. The van der Waals surface area contributed by atoms with Gasteiger partial charge in [-0.2, -0.15) is 18.3 Å². The van der Waals surface area contributed by atoms with Crippen molar-refractivity contribution in [3.05, 3.63) is 71.3 Å². The monoisotopic (exact) mass is 493 g/mol. The van der Waals surface area contributed by atoms with Crippen LogP contribution < -0.4 is 16.2 Å². The van der Waals surface area contributed by atoms with Crippen LogP contribution in [-0.4, -0.2) is 30.6 Å². The maximum atomic E-state index is 14.8. The number of nitrogen functional groups attached to an aromatic ring is 1. The summed E-state index contributed by atoms with van der Waals surface area (Å²) in [4.78, 5) is 23.1. The zero-order valence-electron chi connectivity index (χ0n) is 16.7. The van der Waals surface area contributed by atoms with Gasteiger partial charge < -0.3 is 16.2 Å². The number of anilines is 1. The summed E-state index contributed by atoms with van der Waals surface area (Å²) in [5.74, 6) is -2.75. The average Bonchev–Trinajstić information content (AvgIpc) is 3.20. The SMILES string of the molecule is NC(=O)c1c(-c2ccc(Oc3ccnc(N)c3Cl)c(F)c2)nn(-c2cncnc2)c1C(F)(F)F. The molecule has 4 rings (SSSR count). The fourth-order valence-electron chi connectivity index (χ4n) is 3.07. The number of benzene rings is 1. The Morgan fingerprint density at radius 2 is 1.82 bits per heavy atom. The van der Waals surface area contributed by atoms with Gasteiger partial charge in [-0.1, -0.05) is 11.6 Å². The Kier molecular flexibility index (Phi) is 5.79. The van der Waals surface area contributed by atoms with E-state index in [2.05, 4.69) is 20.1 Å². The topological polar surface area (TPSA) is 135 Å². The van der Waals surface area contributed by atoms with Gasteiger partial charge in [0.1, 0.15) is 28.5 Å². The first-order valence-corrected chi connectivity index (χ1v) is 9.59. The van der Waals surface area contributed by atoms with Gasteiger partial charge in [0, 0.05) is 17.8 Å². The normalized spacial score (nSPS) is 11.4. The van der Waals surface area contributed by atoms with Crippen LogP contribution in [0.2, 0.25) is 5.02 Å². The number of nitrogens with two attached hydrogens (primary N) is 2. The molecule has 174 valence electrons. The van der Waals surface area contributed by atoms with E-state index < -0.39 is 34.9 Å². The van der Waals surface area contributed by atoms with Crippen LogP contribution in [0.5, 0.6) is 11.5 Å². The molecule has 0 saturated carbocycles. The average molecular weight is 494 g/mol. The smallest absolute Gasteiger partial charge is 0.434 e. The number of hydrogen-bond acceptors (Lipinski definition) is 7. The summed E-state index contributed by atoms with van der Waals surface area (Å²) >= 11 is 5.98. The first-order chi connectivity index (χ1) is 16.1. The molecule has 3 aromatic heterocycles. The first-order valence-electron chi connectivity index (χ1n) is 9.21. The van der Waals surface area contributed by atoms with Crippen molar-refractivity contribution < 1.29 is 27.1 Å². The van der Waals surface area contributed by atoms with E-state index in [1.165, 1.54) is 18.3 Å². The molecule has 4 aromatic rings. The quantitative estimate of drug-likeness (QED) is 0.401. The molecular formula is C20H12ClF4N7O2. The number of primary amides is 1. The summed E-state index contributed by atoms with van der Waals surface area (Å²) in [6.45, 7) is 0. The third-order valence-electron chi connectivity index (χ3n) is 4.50. The van der Waals surface area contributed by atoms with Crippen molar-refractivity contribution in [3.63, 3.8) is 0 Å². The van der Waals surface area contributed by atoms with Gasteiger partial charge in [-0.15, -0.1) is 0 Å². The summed E-state index contributed by atoms with van der Waals surface area (Å²) in [6.07, 6.45) is -0.518. The van der Waals surface area contributed by atoms with Gasteiger partial charge in [0.25, 0.3) is 5.91 Å². The molecule has 3 heterocycles. The van der Waals surface area contributed by atoms with Gasteiger partial charge in [0.15, 0.2) is 23.0 Å². The Morgan fingerprint density at radius 3 is 2.44 bits per heavy atom. The predicted octanol–water partition coefficient (Wildman–Crippen LogP) is 4.01. The van der Waals surface area contributed by atoms with Gasteiger partial charge in [-0.3, -0.25) is 4.79 Å². The number of ether oxygens (including phenoxy) is 1. The highest BCUT2D eigenvalue weighted by Crippen LogP contribution is 2.39. The largest absolute Gasteiger partial charge is 0.453 e. The van der Waals surface area contributed by atoms with Crippen molar-refractivity contribution in [2.75, 3.05) is 5.73 Å². The fourth-order valence-corrected chi connectivity index (χ4v) is 3.22. The Balaban J connectivity index is 1.84. The lowest BCUT2D eigenvalue weighted by atomic mass is 10.0. The van der Waals surface area contributed by atoms with Crippen molar-refractivity contribution in [2.45, 2.75) is 6.18 Å². The Morgan fingerprint density at radius 1 is 1.12 bits per heavy atom. The Hall–Kier alpha value is -4.26. The van der Waals surface area contributed by atoms with Crippen molar-refractivity contribution in [2.24, 2.45) is 5.73 Å². The number of carbonyl (C=O) groups excluding carboxylic acids is 1. The van der Waals surface area contributed by atoms with Gasteiger partial charge in [0.2, 0.25) is 0 Å². The molecule has 0 atom stereocenters. The molecule has 0 aliphatic heterocycles. The number of hydrogen-bond donors (Lipinski definition) is 2. The van der Waals surface area contributed by atoms with Gasteiger partial charge in [0.05, 0.1) is 18.0 Å². The minimum Gasteiger partial charge on any atom is -0.453 e. The van der Waals surface area contributed by atoms with Crippen LogP contribution in [0.15, 0.2) is 49.2 Å². The Labute approximate surface area is 193 Å². The van der Waals surface area contributed by atoms with E-state index in [1.54, 1.807) is 0 Å². The Bertz CT molecular complexity index is 1390. The number of carbonyl (C=O) groups is 1. The zero-order valence-corrected chi connectivity index (χ0v) is 17.5. The van der Waals surface area contributed by atoms with E-state index in [-0.39, 0.29) is 33.6 Å². The van der Waals surface area contributed by atoms with Crippen LogP contribution in [0.4, 0.5) is 23.4 Å². The molecular weight excluding hydrogens is 482 g/mol. The standard InChI is InChI=1S/C20H12ClF4N7O2/c21-15-13(3-4-30-18(15)26)34-12-2-1-9(5-11(12)22)16-14(19(27)33)17(20(23,24)25)32(31-16)10-6-28-8-29-7-10/h1-8H,(H2,26,30)(H2,27,33). The maximum absolute atomic E-state index is 14.8. The number of alkyl halides is 3. The summed E-state index contributed by atoms with van der Waals surface area (Å²) in [7, 11) is 0. The molecule has 9 nitrogen and oxygen atoms in total. The summed E-state index contributed by atoms with van der Waals surface area (Å²) < 4.78 is 62.4. The highest BCUT2D eigenvalue weighted by atomic mass is 35.5. The van der Waals surface area contributed by atoms with Crippen LogP contribution in [-0.2, 0) is 6.18 Å². The molecule has 0 aliphatic rings. The van der Waals surface area contributed by atoms with Crippen molar-refractivity contribution in [1.82, 2.24) is 24.7 Å². The minimum absolute atomic E-state index is 0.00588. The van der Waals surface area contributed by atoms with Crippen molar-refractivity contribution in [1.29, 1.82) is 0 Å². The molecule has 0 bridgehead atoms. The molecule has 0 fully saturated rings. The van der Waals surface area contributed by atoms with Crippen molar-refractivity contribution >= 4 is 23.3 Å². The number of rotatable bonds is 5. The van der Waals surface area contributed by atoms with Crippen LogP contribution in [0, 0.1) is 5.82 Å². The molecule has 4 N–H and O–H groups in total. The summed E-state index contributed by atoms with van der Waals surface area (Å²) in [5.41, 5.74) is 7.60. The van der Waals surface area contributed by atoms with Crippen LogP contribution in [0.3, 0.4) is 0 Å². The van der Waals surface area contributed by atoms with E-state index in [0.717, 1.165) is 30.9 Å². The highest BCUT2D eigenvalue weighted by molar-refractivity contribution is 6.34. The first kappa shape index (κ1) is 22.9. The summed E-state index contributed by atoms with van der Waals surface area (Å²) in [5, 5.41) is 3.83. The third-order valence-corrected chi connectivity index (χ3v) is 4.88. The van der Waals surface area contributed by atoms with E-state index in [4.69, 9.17) is 27.8 Å². The van der Waals surface area contributed by atoms with E-state index >= 15 is 0 Å². The lowest BCUT2D eigenvalue weighted by Crippen LogP contribution is -2.21. The number of amides is 1. The molecule has 1 aromatic carbocycles. The number of halogens is 5. The van der Waals surface area contributed by atoms with Crippen molar-refractivity contribution in [3.8, 4) is 28.4 Å². The van der Waals surface area contributed by atoms with Gasteiger partial charge in [-0.25, -0.2) is 24.0 Å². The van der Waals surface area contributed by atoms with Crippen LogP contribution >= 0.6 is 11.6 Å². The molecule has 0 aliphatic carbocycles. The lowest BCUT2D eigenvalue weighted by Gasteiger charge is -2.11. The van der Waals surface area contributed by atoms with Gasteiger partial charge >= 0.3 is 6.18 Å². The fraction of sp³-hybridized carbons (Fsp3) is 0.0500. The van der Waals surface area contributed by atoms with Crippen LogP contribution in [0.1, 0.15) is 16.1 Å². The number of nitrogens with zero attached hydrogens (tertiary/aromatic N) is 5. The van der Waals surface area contributed by atoms with Crippen LogP contribution in [0.25, 0.3) is 16.9 Å². The highest BCUT2D eigenvalue weighted by Gasteiger charge is 2.42. The second-order valence-corrected chi connectivity index (χ2v) is 7.08. The molecule has 0 saturated heterocycles. The molecule has 0 unspecified atom stereocenters. The molecule has 34 heavy (non-hydrogen) atoms. The van der Waals surface area contributed by atoms with Gasteiger partial charge in [-0.05, 0) is 18.2 Å². The predicted molar refractivity (Wildman–Crippen MR) is 112 cm³/mol. The molecule has 1 amide bonds. The lowest BCUT2D eigenvalue weighted by molar-refractivity contribution is -0.143. The minimum atomic E-state index is -5.04. The summed E-state index contributed by atoms with van der Waals surface area (Å²) in [6, 6.07) is 4.52.